The minimum absolute atomic E-state index is 0.0104. The maximum absolute atomic E-state index is 14.2. The SMILES string of the molecule is CC(C)Oc1cccc2ccc(-c3nnc4ccc([C@@H](N5CC[C@@](N)(CF)C5)C(F)(F)F)cn34)nc12. The van der Waals surface area contributed by atoms with E-state index in [0.717, 1.165) is 5.39 Å². The van der Waals surface area contributed by atoms with Gasteiger partial charge < -0.3 is 10.5 Å². The summed E-state index contributed by atoms with van der Waals surface area (Å²) in [6, 6.07) is 10.1. The van der Waals surface area contributed by atoms with Crippen molar-refractivity contribution in [3.63, 3.8) is 0 Å². The quantitative estimate of drug-likeness (QED) is 0.385. The minimum Gasteiger partial charge on any atom is -0.489 e. The smallest absolute Gasteiger partial charge is 0.408 e. The fourth-order valence-electron chi connectivity index (χ4n) is 4.70. The summed E-state index contributed by atoms with van der Waals surface area (Å²) in [4.78, 5) is 5.90. The van der Waals surface area contributed by atoms with Gasteiger partial charge in [-0.3, -0.25) is 9.30 Å². The van der Waals surface area contributed by atoms with Gasteiger partial charge >= 0.3 is 6.18 Å². The molecule has 3 aromatic heterocycles. The molecule has 1 aromatic carbocycles. The highest BCUT2D eigenvalue weighted by molar-refractivity contribution is 5.86. The number of para-hydroxylation sites is 1. The summed E-state index contributed by atoms with van der Waals surface area (Å²) in [5, 5.41) is 9.18. The van der Waals surface area contributed by atoms with E-state index in [9.17, 15) is 17.6 Å². The molecule has 0 aliphatic carbocycles. The first kappa shape index (κ1) is 24.4. The average molecular weight is 503 g/mol. The standard InChI is InChI=1S/C25H26F4N6O/c1-15(2)36-19-5-3-4-16-6-8-18(31-21(16)19)23-33-32-20-9-7-17(12-35(20)23)22(25(27,28)29)34-11-10-24(30,13-26)14-34/h3-9,12,15,22H,10-11,13-14,30H2,1-2H3/t22-,24-/m1/s1. The highest BCUT2D eigenvalue weighted by atomic mass is 19.4. The molecule has 5 rings (SSSR count). The molecule has 7 nitrogen and oxygen atoms in total. The van der Waals surface area contributed by atoms with E-state index in [0.29, 0.717) is 28.4 Å². The van der Waals surface area contributed by atoms with E-state index < -0.39 is 24.4 Å². The highest BCUT2D eigenvalue weighted by Gasteiger charge is 2.49. The fraction of sp³-hybridized carbons (Fsp3) is 0.400. The molecule has 0 radical (unpaired) electrons. The van der Waals surface area contributed by atoms with Gasteiger partial charge in [0.1, 0.15) is 29.7 Å². The van der Waals surface area contributed by atoms with Gasteiger partial charge in [0.15, 0.2) is 11.5 Å². The van der Waals surface area contributed by atoms with E-state index in [1.807, 2.05) is 38.1 Å². The number of hydrogen-bond donors (Lipinski definition) is 1. The number of aromatic nitrogens is 4. The zero-order chi connectivity index (χ0) is 25.7. The van der Waals surface area contributed by atoms with Crippen LogP contribution in [-0.2, 0) is 0 Å². The van der Waals surface area contributed by atoms with Gasteiger partial charge in [-0.2, -0.15) is 13.2 Å². The van der Waals surface area contributed by atoms with Crippen molar-refractivity contribution in [1.82, 2.24) is 24.5 Å². The Kier molecular flexibility index (Phi) is 6.08. The third-order valence-electron chi connectivity index (χ3n) is 6.37. The monoisotopic (exact) mass is 502 g/mol. The first-order chi connectivity index (χ1) is 17.1. The van der Waals surface area contributed by atoms with Crippen LogP contribution in [0.1, 0.15) is 31.9 Å². The molecule has 1 fully saturated rings. The predicted molar refractivity (Wildman–Crippen MR) is 127 cm³/mol. The van der Waals surface area contributed by atoms with Crippen molar-refractivity contribution in [3.05, 3.63) is 54.2 Å². The molecular formula is C25H26F4N6O. The Hall–Kier alpha value is -3.31. The van der Waals surface area contributed by atoms with Gasteiger partial charge in [0.05, 0.1) is 11.6 Å². The minimum atomic E-state index is -4.59. The highest BCUT2D eigenvalue weighted by Crippen LogP contribution is 2.41. The molecule has 2 atom stereocenters. The number of hydrogen-bond acceptors (Lipinski definition) is 6. The van der Waals surface area contributed by atoms with Crippen molar-refractivity contribution in [1.29, 1.82) is 0 Å². The molecule has 36 heavy (non-hydrogen) atoms. The van der Waals surface area contributed by atoms with Gasteiger partial charge in [0.25, 0.3) is 0 Å². The normalized spacial score (nSPS) is 20.0. The summed E-state index contributed by atoms with van der Waals surface area (Å²) in [5.41, 5.74) is 6.09. The number of benzene rings is 1. The first-order valence-corrected chi connectivity index (χ1v) is 11.6. The van der Waals surface area contributed by atoms with E-state index in [4.69, 9.17) is 15.5 Å². The van der Waals surface area contributed by atoms with E-state index in [2.05, 4.69) is 10.2 Å². The molecule has 0 amide bonds. The van der Waals surface area contributed by atoms with Crippen LogP contribution in [0, 0.1) is 0 Å². The van der Waals surface area contributed by atoms with E-state index >= 15 is 0 Å². The fourth-order valence-corrected chi connectivity index (χ4v) is 4.70. The van der Waals surface area contributed by atoms with Crippen LogP contribution < -0.4 is 10.5 Å². The van der Waals surface area contributed by atoms with Crippen LogP contribution in [0.4, 0.5) is 17.6 Å². The van der Waals surface area contributed by atoms with Gasteiger partial charge in [-0.15, -0.1) is 10.2 Å². The lowest BCUT2D eigenvalue weighted by molar-refractivity contribution is -0.184. The zero-order valence-corrected chi connectivity index (χ0v) is 19.8. The van der Waals surface area contributed by atoms with Crippen LogP contribution in [0.3, 0.4) is 0 Å². The number of fused-ring (bicyclic) bond motifs is 2. The van der Waals surface area contributed by atoms with Gasteiger partial charge in [0.2, 0.25) is 0 Å². The third-order valence-corrected chi connectivity index (χ3v) is 6.37. The largest absolute Gasteiger partial charge is 0.489 e. The van der Waals surface area contributed by atoms with Gasteiger partial charge in [0, 0.05) is 24.7 Å². The Labute approximate surface area is 204 Å². The van der Waals surface area contributed by atoms with Crippen molar-refractivity contribution in [2.45, 2.75) is 44.1 Å². The Balaban J connectivity index is 1.58. The topological polar surface area (TPSA) is 81.6 Å². The number of likely N-dealkylation sites (tertiary alicyclic amines) is 1. The number of nitrogens with zero attached hydrogens (tertiary/aromatic N) is 5. The van der Waals surface area contributed by atoms with Crippen molar-refractivity contribution >= 4 is 16.6 Å². The zero-order valence-electron chi connectivity index (χ0n) is 19.8. The summed E-state index contributed by atoms with van der Waals surface area (Å²) >= 11 is 0. The van der Waals surface area contributed by atoms with Crippen LogP contribution in [0.25, 0.3) is 28.1 Å². The van der Waals surface area contributed by atoms with Crippen LogP contribution in [0.2, 0.25) is 0 Å². The number of nitrogens with two attached hydrogens (primary N) is 1. The lowest BCUT2D eigenvalue weighted by atomic mass is 10.0. The number of rotatable bonds is 6. The van der Waals surface area contributed by atoms with E-state index in [1.54, 1.807) is 6.07 Å². The van der Waals surface area contributed by atoms with Crippen molar-refractivity contribution in [2.75, 3.05) is 19.8 Å². The molecular weight excluding hydrogens is 476 g/mol. The molecule has 1 aliphatic rings. The molecule has 190 valence electrons. The Morgan fingerprint density at radius 2 is 1.92 bits per heavy atom. The van der Waals surface area contributed by atoms with E-state index in [-0.39, 0.29) is 31.2 Å². The van der Waals surface area contributed by atoms with E-state index in [1.165, 1.54) is 27.6 Å². The van der Waals surface area contributed by atoms with Crippen molar-refractivity contribution < 1.29 is 22.3 Å². The van der Waals surface area contributed by atoms with Gasteiger partial charge in [-0.25, -0.2) is 9.37 Å². The second kappa shape index (κ2) is 8.97. The van der Waals surface area contributed by atoms with Crippen LogP contribution >= 0.6 is 0 Å². The summed E-state index contributed by atoms with van der Waals surface area (Å²) in [7, 11) is 0. The summed E-state index contributed by atoms with van der Waals surface area (Å²) in [6.45, 7) is 2.80. The summed E-state index contributed by atoms with van der Waals surface area (Å²) in [6.07, 6.45) is -3.13. The van der Waals surface area contributed by atoms with Crippen LogP contribution in [0.15, 0.2) is 48.7 Å². The molecule has 11 heteroatoms. The third kappa shape index (κ3) is 4.48. The van der Waals surface area contributed by atoms with Crippen LogP contribution in [0.5, 0.6) is 5.75 Å². The molecule has 1 saturated heterocycles. The molecule has 0 saturated carbocycles. The second-order valence-electron chi connectivity index (χ2n) is 9.57. The molecule has 1 aliphatic heterocycles. The first-order valence-electron chi connectivity index (χ1n) is 11.6. The number of pyridine rings is 2. The number of halogens is 4. The lowest BCUT2D eigenvalue weighted by Crippen LogP contribution is -2.47. The molecule has 4 heterocycles. The molecule has 4 aromatic rings. The molecule has 0 spiro atoms. The molecule has 0 bridgehead atoms. The number of alkyl halides is 4. The maximum Gasteiger partial charge on any atom is 0.408 e. The molecule has 0 unspecified atom stereocenters. The average Bonchev–Trinajstić information content (AvgIpc) is 3.42. The Morgan fingerprint density at radius 1 is 1.11 bits per heavy atom. The lowest BCUT2D eigenvalue weighted by Gasteiger charge is -2.31. The number of ether oxygens (including phenoxy) is 1. The Bertz CT molecular complexity index is 1400. The summed E-state index contributed by atoms with van der Waals surface area (Å²) in [5.74, 6) is 0.899. The summed E-state index contributed by atoms with van der Waals surface area (Å²) < 4.78 is 63.5. The van der Waals surface area contributed by atoms with Crippen molar-refractivity contribution in [3.8, 4) is 17.3 Å². The van der Waals surface area contributed by atoms with Crippen molar-refractivity contribution in [2.24, 2.45) is 5.73 Å². The van der Waals surface area contributed by atoms with Gasteiger partial charge in [-0.1, -0.05) is 24.3 Å². The van der Waals surface area contributed by atoms with Crippen LogP contribution in [-0.4, -0.2) is 62.1 Å². The second-order valence-corrected chi connectivity index (χ2v) is 9.57. The maximum atomic E-state index is 14.2. The predicted octanol–water partition coefficient (Wildman–Crippen LogP) is 4.71. The van der Waals surface area contributed by atoms with Gasteiger partial charge in [-0.05, 0) is 44.0 Å². The Morgan fingerprint density at radius 3 is 2.61 bits per heavy atom. The molecule has 2 N–H and O–H groups in total.